The molecule has 0 bridgehead atoms. The van der Waals surface area contributed by atoms with Gasteiger partial charge in [-0.25, -0.2) is 4.98 Å². The van der Waals surface area contributed by atoms with E-state index in [1.807, 2.05) is 30.3 Å². The molecule has 2 nitrogen and oxygen atoms in total. The number of hydrogen-bond donors (Lipinski definition) is 1. The van der Waals surface area contributed by atoms with Gasteiger partial charge >= 0.3 is 0 Å². The van der Waals surface area contributed by atoms with E-state index in [9.17, 15) is 0 Å². The first kappa shape index (κ1) is 20.4. The van der Waals surface area contributed by atoms with Gasteiger partial charge in [0.25, 0.3) is 0 Å². The molecule has 1 aliphatic heterocycles. The lowest BCUT2D eigenvalue weighted by Crippen LogP contribution is -2.26. The Morgan fingerprint density at radius 2 is 1.61 bits per heavy atom. The average molecular weight is 447 g/mol. The molecule has 5 rings (SSSR count). The molecule has 1 unspecified atom stereocenters. The van der Waals surface area contributed by atoms with Gasteiger partial charge in [-0.2, -0.15) is 0 Å². The Labute approximate surface area is 193 Å². The van der Waals surface area contributed by atoms with E-state index in [2.05, 4.69) is 62.5 Å². The van der Waals surface area contributed by atoms with Crippen LogP contribution in [0.3, 0.4) is 0 Å². The third-order valence-corrected chi connectivity index (χ3v) is 6.50. The van der Waals surface area contributed by atoms with Crippen LogP contribution in [0, 0.1) is 5.41 Å². The fourth-order valence-corrected chi connectivity index (χ4v) is 5.05. The minimum atomic E-state index is -0.0343. The number of fused-ring (bicyclic) bond motifs is 3. The summed E-state index contributed by atoms with van der Waals surface area (Å²) in [6.07, 6.45) is 0.801. The molecule has 0 saturated heterocycles. The van der Waals surface area contributed by atoms with Gasteiger partial charge in [-0.15, -0.1) is 0 Å². The van der Waals surface area contributed by atoms with Gasteiger partial charge in [-0.1, -0.05) is 74.3 Å². The van der Waals surface area contributed by atoms with Gasteiger partial charge in [0.05, 0.1) is 16.9 Å². The van der Waals surface area contributed by atoms with E-state index in [0.717, 1.165) is 44.4 Å². The van der Waals surface area contributed by atoms with Crippen LogP contribution in [0.4, 0.5) is 11.4 Å². The third kappa shape index (κ3) is 3.69. The molecule has 0 aliphatic carbocycles. The van der Waals surface area contributed by atoms with Crippen LogP contribution >= 0.6 is 23.2 Å². The van der Waals surface area contributed by atoms with Gasteiger partial charge in [0.1, 0.15) is 0 Å². The smallest absolute Gasteiger partial charge is 0.0729 e. The monoisotopic (exact) mass is 446 g/mol. The molecule has 156 valence electrons. The van der Waals surface area contributed by atoms with Crippen LogP contribution in [0.15, 0.2) is 66.7 Å². The highest BCUT2D eigenvalue weighted by atomic mass is 35.5. The Bertz CT molecular complexity index is 1290. The minimum absolute atomic E-state index is 0.0343. The van der Waals surface area contributed by atoms with Gasteiger partial charge in [-0.3, -0.25) is 0 Å². The maximum Gasteiger partial charge on any atom is 0.0729 e. The zero-order valence-electron chi connectivity index (χ0n) is 17.8. The number of hydrogen-bond acceptors (Lipinski definition) is 2. The molecule has 1 aliphatic rings. The second-order valence-corrected chi connectivity index (χ2v) is 10.2. The van der Waals surface area contributed by atoms with E-state index >= 15 is 0 Å². The van der Waals surface area contributed by atoms with Crippen molar-refractivity contribution in [2.45, 2.75) is 33.1 Å². The molecule has 1 atom stereocenters. The summed E-state index contributed by atoms with van der Waals surface area (Å²) in [7, 11) is 0. The quantitative estimate of drug-likeness (QED) is 0.334. The molecule has 0 fully saturated rings. The van der Waals surface area contributed by atoms with Gasteiger partial charge in [0, 0.05) is 33.5 Å². The predicted molar refractivity (Wildman–Crippen MR) is 132 cm³/mol. The minimum Gasteiger partial charge on any atom is -0.354 e. The zero-order chi connectivity index (χ0) is 21.8. The van der Waals surface area contributed by atoms with Gasteiger partial charge < -0.3 is 5.32 Å². The molecule has 0 spiro atoms. The first-order valence-electron chi connectivity index (χ1n) is 10.5. The highest BCUT2D eigenvalue weighted by Gasteiger charge is 2.37. The average Bonchev–Trinajstić information content (AvgIpc) is 2.72. The lowest BCUT2D eigenvalue weighted by Gasteiger charge is -2.38. The number of benzene rings is 3. The zero-order valence-corrected chi connectivity index (χ0v) is 19.4. The topological polar surface area (TPSA) is 24.9 Å². The molecule has 0 amide bonds. The third-order valence-electron chi connectivity index (χ3n) is 6.03. The molecule has 1 N–H and O–H groups in total. The van der Waals surface area contributed by atoms with E-state index < -0.39 is 0 Å². The van der Waals surface area contributed by atoms with Crippen molar-refractivity contribution in [2.75, 3.05) is 5.32 Å². The molecule has 1 aromatic heterocycles. The number of nitrogens with one attached hydrogen (secondary N) is 1. The van der Waals surface area contributed by atoms with Crippen LogP contribution in [0.5, 0.6) is 0 Å². The summed E-state index contributed by atoms with van der Waals surface area (Å²) in [5.41, 5.74) is 7.87. The standard InChI is InChI=1S/C27H24Cl2N2/c1-27(2,3)24-21-15-18(29)10-12-23(21)30-25-20(13-16-7-5-4-6-8-16)19-14-17(28)9-11-22(19)31-26(24)25/h4-12,14-15,24,30H,13H2,1-3H3. The number of halogens is 2. The molecule has 4 heteroatoms. The summed E-state index contributed by atoms with van der Waals surface area (Å²) in [6, 6.07) is 22.6. The second kappa shape index (κ2) is 7.55. The Morgan fingerprint density at radius 3 is 2.35 bits per heavy atom. The summed E-state index contributed by atoms with van der Waals surface area (Å²) in [4.78, 5) is 5.17. The van der Waals surface area contributed by atoms with Gasteiger partial charge in [0.2, 0.25) is 0 Å². The van der Waals surface area contributed by atoms with Crippen molar-refractivity contribution < 1.29 is 0 Å². The van der Waals surface area contributed by atoms with Crippen molar-refractivity contribution in [3.8, 4) is 0 Å². The van der Waals surface area contributed by atoms with Crippen molar-refractivity contribution in [3.05, 3.63) is 99.2 Å². The second-order valence-electron chi connectivity index (χ2n) is 9.33. The van der Waals surface area contributed by atoms with Crippen molar-refractivity contribution in [2.24, 2.45) is 5.41 Å². The first-order valence-corrected chi connectivity index (χ1v) is 11.3. The van der Waals surface area contributed by atoms with E-state index in [1.165, 1.54) is 16.7 Å². The summed E-state index contributed by atoms with van der Waals surface area (Å²) in [6.45, 7) is 6.80. The number of rotatable bonds is 2. The number of anilines is 2. The molecule has 2 heterocycles. The van der Waals surface area contributed by atoms with Gasteiger partial charge in [-0.05, 0) is 58.5 Å². The molecule has 31 heavy (non-hydrogen) atoms. The lowest BCUT2D eigenvalue weighted by molar-refractivity contribution is 0.353. The van der Waals surface area contributed by atoms with Crippen molar-refractivity contribution in [1.29, 1.82) is 0 Å². The van der Waals surface area contributed by atoms with E-state index in [0.29, 0.717) is 0 Å². The Kier molecular flexibility index (Phi) is 4.96. The van der Waals surface area contributed by atoms with Crippen LogP contribution in [0.25, 0.3) is 10.9 Å². The van der Waals surface area contributed by atoms with Crippen molar-refractivity contribution >= 4 is 45.5 Å². The molecular formula is C27H24Cl2N2. The van der Waals surface area contributed by atoms with Gasteiger partial charge in [0.15, 0.2) is 0 Å². The van der Waals surface area contributed by atoms with Crippen molar-refractivity contribution in [3.63, 3.8) is 0 Å². The highest BCUT2D eigenvalue weighted by Crippen LogP contribution is 2.51. The summed E-state index contributed by atoms with van der Waals surface area (Å²) < 4.78 is 0. The maximum atomic E-state index is 6.41. The van der Waals surface area contributed by atoms with E-state index in [-0.39, 0.29) is 11.3 Å². The lowest BCUT2D eigenvalue weighted by atomic mass is 9.71. The molecule has 0 saturated carbocycles. The van der Waals surface area contributed by atoms with E-state index in [4.69, 9.17) is 28.2 Å². The van der Waals surface area contributed by atoms with Crippen LogP contribution in [0.1, 0.15) is 49.1 Å². The van der Waals surface area contributed by atoms with Crippen LogP contribution in [-0.2, 0) is 6.42 Å². The largest absolute Gasteiger partial charge is 0.354 e. The summed E-state index contributed by atoms with van der Waals surface area (Å²) in [5.74, 6) is 0.118. The normalized spacial score (nSPS) is 15.3. The summed E-state index contributed by atoms with van der Waals surface area (Å²) >= 11 is 12.8. The highest BCUT2D eigenvalue weighted by molar-refractivity contribution is 6.31. The van der Waals surface area contributed by atoms with E-state index in [1.54, 1.807) is 0 Å². The van der Waals surface area contributed by atoms with Crippen LogP contribution in [-0.4, -0.2) is 4.98 Å². The Hall–Kier alpha value is -2.55. The van der Waals surface area contributed by atoms with Crippen molar-refractivity contribution in [1.82, 2.24) is 4.98 Å². The fourth-order valence-electron chi connectivity index (χ4n) is 4.70. The maximum absolute atomic E-state index is 6.41. The molecule has 3 aromatic carbocycles. The first-order chi connectivity index (χ1) is 14.8. The van der Waals surface area contributed by atoms with Crippen LogP contribution < -0.4 is 5.32 Å². The SMILES string of the molecule is CC(C)(C)C1c2cc(Cl)ccc2Nc2c1nc1ccc(Cl)cc1c2Cc1ccccc1. The number of nitrogens with zero attached hydrogens (tertiary/aromatic N) is 1. The Morgan fingerprint density at radius 1 is 0.903 bits per heavy atom. The molecule has 4 aromatic rings. The predicted octanol–water partition coefficient (Wildman–Crippen LogP) is 8.37. The fraction of sp³-hybridized carbons (Fsp3) is 0.222. The molecule has 0 radical (unpaired) electrons. The Balaban J connectivity index is 1.82. The number of aromatic nitrogens is 1. The van der Waals surface area contributed by atoms with Crippen LogP contribution in [0.2, 0.25) is 10.0 Å². The summed E-state index contributed by atoms with van der Waals surface area (Å²) in [5, 5.41) is 6.26. The molecular weight excluding hydrogens is 423 g/mol. The number of pyridine rings is 1.